The van der Waals surface area contributed by atoms with Gasteiger partial charge in [0.2, 0.25) is 0 Å². The number of rotatable bonds is 2. The van der Waals surface area contributed by atoms with E-state index < -0.39 is 0 Å². The van der Waals surface area contributed by atoms with Crippen LogP contribution in [0.3, 0.4) is 0 Å². The van der Waals surface area contributed by atoms with Crippen molar-refractivity contribution in [2.45, 2.75) is 6.04 Å². The molecule has 1 aromatic carbocycles. The highest BCUT2D eigenvalue weighted by Crippen LogP contribution is 2.21. The summed E-state index contributed by atoms with van der Waals surface area (Å²) in [6.07, 6.45) is 0. The Bertz CT molecular complexity index is 513. The molecule has 0 saturated carbocycles. The Morgan fingerprint density at radius 3 is 2.55 bits per heavy atom. The van der Waals surface area contributed by atoms with E-state index in [4.69, 9.17) is 0 Å². The number of nitrogens with zero attached hydrogens (tertiary/aromatic N) is 2. The first-order valence-corrected chi connectivity index (χ1v) is 8.71. The van der Waals surface area contributed by atoms with Gasteiger partial charge in [-0.25, -0.2) is 0 Å². The molecule has 4 nitrogen and oxygen atoms in total. The molecule has 1 aromatic rings. The third-order valence-electron chi connectivity index (χ3n) is 4.04. The molecular formula is C14H17BrIN3O. The van der Waals surface area contributed by atoms with Crippen LogP contribution in [0.4, 0.5) is 0 Å². The molecule has 0 aromatic heterocycles. The first kappa shape index (κ1) is 14.7. The van der Waals surface area contributed by atoms with E-state index in [0.717, 1.165) is 52.9 Å². The van der Waals surface area contributed by atoms with Gasteiger partial charge in [0.1, 0.15) is 0 Å². The summed E-state index contributed by atoms with van der Waals surface area (Å²) in [5.74, 6) is 0.155. The SMILES string of the molecule is O=C(c1cc(Br)ccc1I)N1CCN(C2CNC2)CC1. The summed E-state index contributed by atoms with van der Waals surface area (Å²) in [5, 5.41) is 3.30. The van der Waals surface area contributed by atoms with Gasteiger partial charge in [-0.1, -0.05) is 15.9 Å². The van der Waals surface area contributed by atoms with Crippen molar-refractivity contribution in [3.63, 3.8) is 0 Å². The molecule has 2 aliphatic rings. The van der Waals surface area contributed by atoms with E-state index in [1.807, 2.05) is 23.1 Å². The first-order chi connectivity index (χ1) is 9.65. The maximum absolute atomic E-state index is 12.6. The maximum Gasteiger partial charge on any atom is 0.255 e. The lowest BCUT2D eigenvalue weighted by Crippen LogP contribution is -2.62. The largest absolute Gasteiger partial charge is 0.336 e. The van der Waals surface area contributed by atoms with Crippen LogP contribution in [0.1, 0.15) is 10.4 Å². The topological polar surface area (TPSA) is 35.6 Å². The number of carbonyl (C=O) groups excluding carboxylic acids is 1. The van der Waals surface area contributed by atoms with Gasteiger partial charge in [-0.15, -0.1) is 0 Å². The summed E-state index contributed by atoms with van der Waals surface area (Å²) in [7, 11) is 0. The molecule has 2 fully saturated rings. The average molecular weight is 450 g/mol. The Balaban J connectivity index is 1.65. The van der Waals surface area contributed by atoms with Crippen LogP contribution in [-0.2, 0) is 0 Å². The minimum atomic E-state index is 0.155. The second-order valence-corrected chi connectivity index (χ2v) is 7.34. The normalized spacial score (nSPS) is 20.8. The highest BCUT2D eigenvalue weighted by atomic mass is 127. The van der Waals surface area contributed by atoms with Gasteiger partial charge >= 0.3 is 0 Å². The van der Waals surface area contributed by atoms with E-state index in [-0.39, 0.29) is 5.91 Å². The van der Waals surface area contributed by atoms with Crippen molar-refractivity contribution in [3.05, 3.63) is 31.8 Å². The smallest absolute Gasteiger partial charge is 0.255 e. The zero-order chi connectivity index (χ0) is 14.1. The fourth-order valence-electron chi connectivity index (χ4n) is 2.65. The molecule has 108 valence electrons. The van der Waals surface area contributed by atoms with Gasteiger partial charge in [0, 0.05) is 53.4 Å². The summed E-state index contributed by atoms with van der Waals surface area (Å²) in [5.41, 5.74) is 0.804. The van der Waals surface area contributed by atoms with E-state index in [0.29, 0.717) is 6.04 Å². The quantitative estimate of drug-likeness (QED) is 0.699. The van der Waals surface area contributed by atoms with Gasteiger partial charge in [0.05, 0.1) is 5.56 Å². The maximum atomic E-state index is 12.6. The number of halogens is 2. The molecule has 20 heavy (non-hydrogen) atoms. The molecule has 0 aliphatic carbocycles. The number of carbonyl (C=O) groups is 1. The molecule has 1 amide bonds. The van der Waals surface area contributed by atoms with E-state index >= 15 is 0 Å². The Kier molecular flexibility index (Phi) is 4.64. The van der Waals surface area contributed by atoms with Crippen molar-refractivity contribution in [3.8, 4) is 0 Å². The highest BCUT2D eigenvalue weighted by Gasteiger charge is 2.29. The Morgan fingerprint density at radius 2 is 1.95 bits per heavy atom. The van der Waals surface area contributed by atoms with E-state index in [2.05, 4.69) is 48.7 Å². The number of hydrogen-bond acceptors (Lipinski definition) is 3. The van der Waals surface area contributed by atoms with Crippen LogP contribution >= 0.6 is 38.5 Å². The molecule has 2 heterocycles. The summed E-state index contributed by atoms with van der Waals surface area (Å²) < 4.78 is 1.97. The molecule has 0 spiro atoms. The van der Waals surface area contributed by atoms with Crippen LogP contribution in [0.2, 0.25) is 0 Å². The lowest BCUT2D eigenvalue weighted by Gasteiger charge is -2.43. The summed E-state index contributed by atoms with van der Waals surface area (Å²) in [4.78, 5) is 17.1. The molecule has 2 saturated heterocycles. The third kappa shape index (κ3) is 3.03. The predicted octanol–water partition coefficient (Wildman–Crippen LogP) is 1.78. The van der Waals surface area contributed by atoms with Gasteiger partial charge in [-0.05, 0) is 40.8 Å². The lowest BCUT2D eigenvalue weighted by atomic mass is 10.1. The molecule has 6 heteroatoms. The van der Waals surface area contributed by atoms with Crippen LogP contribution < -0.4 is 5.32 Å². The first-order valence-electron chi connectivity index (χ1n) is 6.84. The van der Waals surface area contributed by atoms with Crippen molar-refractivity contribution in [1.29, 1.82) is 0 Å². The van der Waals surface area contributed by atoms with Crippen molar-refractivity contribution >= 4 is 44.4 Å². The standard InChI is InChI=1S/C14H17BrIN3O/c15-10-1-2-13(16)12(7-10)14(20)19-5-3-18(4-6-19)11-8-17-9-11/h1-2,7,11,17H,3-6,8-9H2. The number of nitrogens with one attached hydrogen (secondary N) is 1. The molecule has 0 atom stereocenters. The summed E-state index contributed by atoms with van der Waals surface area (Å²) >= 11 is 5.68. The Labute approximate surface area is 141 Å². The summed E-state index contributed by atoms with van der Waals surface area (Å²) in [6, 6.07) is 6.55. The predicted molar refractivity (Wildman–Crippen MR) is 91.0 cm³/mol. The number of piperazine rings is 1. The second-order valence-electron chi connectivity index (χ2n) is 5.26. The van der Waals surface area contributed by atoms with Crippen LogP contribution in [0.15, 0.2) is 22.7 Å². The van der Waals surface area contributed by atoms with Gasteiger partial charge in [-0.2, -0.15) is 0 Å². The van der Waals surface area contributed by atoms with Crippen LogP contribution in [0.5, 0.6) is 0 Å². The molecular weight excluding hydrogens is 433 g/mol. The second kappa shape index (κ2) is 6.29. The zero-order valence-electron chi connectivity index (χ0n) is 11.1. The average Bonchev–Trinajstić information content (AvgIpc) is 2.40. The molecule has 0 radical (unpaired) electrons. The third-order valence-corrected chi connectivity index (χ3v) is 5.47. The van der Waals surface area contributed by atoms with Crippen LogP contribution in [0.25, 0.3) is 0 Å². The van der Waals surface area contributed by atoms with Gasteiger partial charge in [0.15, 0.2) is 0 Å². The fourth-order valence-corrected chi connectivity index (χ4v) is 3.58. The van der Waals surface area contributed by atoms with Crippen LogP contribution in [-0.4, -0.2) is 61.0 Å². The van der Waals surface area contributed by atoms with E-state index in [9.17, 15) is 4.79 Å². The molecule has 2 aliphatic heterocycles. The van der Waals surface area contributed by atoms with Gasteiger partial charge in [0.25, 0.3) is 5.91 Å². The van der Waals surface area contributed by atoms with E-state index in [1.165, 1.54) is 0 Å². The van der Waals surface area contributed by atoms with Crippen molar-refractivity contribution in [1.82, 2.24) is 15.1 Å². The number of amides is 1. The van der Waals surface area contributed by atoms with Gasteiger partial charge in [-0.3, -0.25) is 9.69 Å². The highest BCUT2D eigenvalue weighted by molar-refractivity contribution is 14.1. The Morgan fingerprint density at radius 1 is 1.25 bits per heavy atom. The van der Waals surface area contributed by atoms with Crippen molar-refractivity contribution < 1.29 is 4.79 Å². The van der Waals surface area contributed by atoms with Gasteiger partial charge < -0.3 is 10.2 Å². The molecule has 0 unspecified atom stereocenters. The molecule has 3 rings (SSSR count). The number of hydrogen-bond donors (Lipinski definition) is 1. The minimum absolute atomic E-state index is 0.155. The van der Waals surface area contributed by atoms with Crippen LogP contribution in [0, 0.1) is 3.57 Å². The lowest BCUT2D eigenvalue weighted by molar-refractivity contribution is 0.0501. The monoisotopic (exact) mass is 449 g/mol. The fraction of sp³-hybridized carbons (Fsp3) is 0.500. The Hall–Kier alpha value is -0.180. The zero-order valence-corrected chi connectivity index (χ0v) is 14.9. The minimum Gasteiger partial charge on any atom is -0.336 e. The van der Waals surface area contributed by atoms with E-state index in [1.54, 1.807) is 0 Å². The molecule has 0 bridgehead atoms. The summed E-state index contributed by atoms with van der Waals surface area (Å²) in [6.45, 7) is 5.83. The van der Waals surface area contributed by atoms with Crippen molar-refractivity contribution in [2.24, 2.45) is 0 Å². The molecule has 1 N–H and O–H groups in total. The van der Waals surface area contributed by atoms with Crippen molar-refractivity contribution in [2.75, 3.05) is 39.3 Å². The number of benzene rings is 1.